The first-order valence-electron chi connectivity index (χ1n) is 12.8. The van der Waals surface area contributed by atoms with E-state index in [1.54, 1.807) is 4.31 Å². The van der Waals surface area contributed by atoms with Crippen LogP contribution >= 0.6 is 11.6 Å². The number of morpholine rings is 1. The van der Waals surface area contributed by atoms with E-state index < -0.39 is 10.0 Å². The summed E-state index contributed by atoms with van der Waals surface area (Å²) in [4.78, 5) is 2.43. The second kappa shape index (κ2) is 11.5. The molecule has 0 saturated carbocycles. The van der Waals surface area contributed by atoms with Crippen molar-refractivity contribution in [3.63, 3.8) is 0 Å². The minimum atomic E-state index is -3.30. The number of halogens is 1. The van der Waals surface area contributed by atoms with Crippen LogP contribution in [-0.4, -0.2) is 73.1 Å². The smallest absolute Gasteiger partial charge is 0.211 e. The van der Waals surface area contributed by atoms with Crippen LogP contribution < -0.4 is 0 Å². The first-order valence-corrected chi connectivity index (χ1v) is 15.0. The van der Waals surface area contributed by atoms with Crippen molar-refractivity contribution in [2.45, 2.75) is 25.9 Å². The second-order valence-electron chi connectivity index (χ2n) is 9.63. The number of benzene rings is 2. The third-order valence-electron chi connectivity index (χ3n) is 7.04. The van der Waals surface area contributed by atoms with Crippen molar-refractivity contribution in [3.05, 3.63) is 75.9 Å². The first-order chi connectivity index (χ1) is 17.9. The standard InChI is InChI=1S/C28H33ClN4O3S/c1-37(34,35)32-15-12-27-25(21-32)28(30-33(27)14-5-13-31-16-18-36-19-17-31)24-10-11-26(29)23(20-24)9-8-22-6-3-2-4-7-22/h2-4,6-11,20H,5,12-19,21H2,1H3. The molecule has 1 fully saturated rings. The minimum Gasteiger partial charge on any atom is -0.379 e. The van der Waals surface area contributed by atoms with Crippen LogP contribution in [0.3, 0.4) is 0 Å². The molecule has 7 nitrogen and oxygen atoms in total. The largest absolute Gasteiger partial charge is 0.379 e. The maximum atomic E-state index is 12.4. The second-order valence-corrected chi connectivity index (χ2v) is 12.0. The predicted molar refractivity (Wildman–Crippen MR) is 149 cm³/mol. The van der Waals surface area contributed by atoms with Crippen LogP contribution in [-0.2, 0) is 34.3 Å². The van der Waals surface area contributed by atoms with Gasteiger partial charge in [0.15, 0.2) is 0 Å². The van der Waals surface area contributed by atoms with E-state index >= 15 is 0 Å². The molecule has 0 radical (unpaired) electrons. The van der Waals surface area contributed by atoms with E-state index in [4.69, 9.17) is 21.4 Å². The summed E-state index contributed by atoms with van der Waals surface area (Å²) in [5.74, 6) is 0. The maximum absolute atomic E-state index is 12.4. The Morgan fingerprint density at radius 2 is 1.81 bits per heavy atom. The number of ether oxygens (including phenoxy) is 1. The van der Waals surface area contributed by atoms with Crippen molar-refractivity contribution in [2.24, 2.45) is 0 Å². The Bertz CT molecular complexity index is 1370. The van der Waals surface area contributed by atoms with Crippen LogP contribution in [0.4, 0.5) is 0 Å². The monoisotopic (exact) mass is 540 g/mol. The molecular weight excluding hydrogens is 508 g/mol. The lowest BCUT2D eigenvalue weighted by molar-refractivity contribution is 0.0368. The van der Waals surface area contributed by atoms with Crippen molar-refractivity contribution in [1.82, 2.24) is 19.0 Å². The van der Waals surface area contributed by atoms with Crippen LogP contribution in [0.25, 0.3) is 23.4 Å². The molecule has 0 bridgehead atoms. The number of nitrogens with zero attached hydrogens (tertiary/aromatic N) is 4. The van der Waals surface area contributed by atoms with E-state index in [0.29, 0.717) is 24.5 Å². The molecule has 0 spiro atoms. The van der Waals surface area contributed by atoms with Crippen LogP contribution in [0.15, 0.2) is 48.5 Å². The first kappa shape index (κ1) is 26.1. The number of aromatic nitrogens is 2. The molecule has 2 aromatic carbocycles. The van der Waals surface area contributed by atoms with Crippen molar-refractivity contribution in [1.29, 1.82) is 0 Å². The average molecular weight is 541 g/mol. The zero-order valence-electron chi connectivity index (χ0n) is 21.1. The summed E-state index contributed by atoms with van der Waals surface area (Å²) in [6.07, 6.45) is 6.96. The van der Waals surface area contributed by atoms with Crippen molar-refractivity contribution < 1.29 is 13.2 Å². The van der Waals surface area contributed by atoms with Gasteiger partial charge in [0.2, 0.25) is 10.0 Å². The fourth-order valence-electron chi connectivity index (χ4n) is 5.00. The summed E-state index contributed by atoms with van der Waals surface area (Å²) >= 11 is 6.55. The van der Waals surface area contributed by atoms with Crippen LogP contribution in [0.2, 0.25) is 5.02 Å². The number of rotatable bonds is 8. The fraction of sp³-hybridized carbons (Fsp3) is 0.393. The van der Waals surface area contributed by atoms with E-state index in [2.05, 4.69) is 9.58 Å². The Balaban J connectivity index is 1.44. The van der Waals surface area contributed by atoms with Crippen LogP contribution in [0.1, 0.15) is 28.8 Å². The van der Waals surface area contributed by atoms with E-state index in [1.165, 1.54) is 6.26 Å². The van der Waals surface area contributed by atoms with Crippen molar-refractivity contribution >= 4 is 33.8 Å². The van der Waals surface area contributed by atoms with Gasteiger partial charge in [0.25, 0.3) is 0 Å². The molecule has 3 heterocycles. The SMILES string of the molecule is CS(=O)(=O)N1CCc2c(c(-c3ccc(Cl)c(C=Cc4ccccc4)c3)nn2CCCN2CCOCC2)C1. The van der Waals surface area contributed by atoms with E-state index in [9.17, 15) is 8.42 Å². The molecule has 0 unspecified atom stereocenters. The summed E-state index contributed by atoms with van der Waals surface area (Å²) < 4.78 is 33.8. The minimum absolute atomic E-state index is 0.338. The Kier molecular flexibility index (Phi) is 8.12. The predicted octanol–water partition coefficient (Wildman–Crippen LogP) is 4.41. The summed E-state index contributed by atoms with van der Waals surface area (Å²) in [6.45, 7) is 6.13. The molecule has 3 aromatic rings. The van der Waals surface area contributed by atoms with Gasteiger partial charge in [0.1, 0.15) is 0 Å². The normalized spacial score (nSPS) is 17.4. The van der Waals surface area contributed by atoms with Gasteiger partial charge >= 0.3 is 0 Å². The number of hydrogen-bond acceptors (Lipinski definition) is 5. The molecular formula is C28H33ClN4O3S. The Hall–Kier alpha value is -2.49. The average Bonchev–Trinajstić information content (AvgIpc) is 3.27. The number of hydrogen-bond donors (Lipinski definition) is 0. The van der Waals surface area contributed by atoms with E-state index in [0.717, 1.165) is 79.5 Å². The lowest BCUT2D eigenvalue weighted by Gasteiger charge is -2.27. The number of aryl methyl sites for hydroxylation is 1. The summed E-state index contributed by atoms with van der Waals surface area (Å²) in [6, 6.07) is 16.0. The molecule has 1 saturated heterocycles. The van der Waals surface area contributed by atoms with Gasteiger partial charge in [0, 0.05) is 67.5 Å². The van der Waals surface area contributed by atoms with Crippen molar-refractivity contribution in [3.8, 4) is 11.3 Å². The molecule has 0 N–H and O–H groups in total. The Morgan fingerprint density at radius 3 is 2.57 bits per heavy atom. The third kappa shape index (κ3) is 6.33. The topological polar surface area (TPSA) is 67.7 Å². The molecule has 196 valence electrons. The fourth-order valence-corrected chi connectivity index (χ4v) is 5.97. The van der Waals surface area contributed by atoms with Gasteiger partial charge in [-0.15, -0.1) is 0 Å². The lowest BCUT2D eigenvalue weighted by atomic mass is 10.00. The zero-order valence-corrected chi connectivity index (χ0v) is 22.7. The highest BCUT2D eigenvalue weighted by molar-refractivity contribution is 7.88. The zero-order chi connectivity index (χ0) is 25.8. The Labute approximate surface area is 224 Å². The molecule has 0 atom stereocenters. The van der Waals surface area contributed by atoms with Crippen LogP contribution in [0, 0.1) is 0 Å². The van der Waals surface area contributed by atoms with Crippen molar-refractivity contribution in [2.75, 3.05) is 45.6 Å². The molecule has 2 aliphatic heterocycles. The quantitative estimate of drug-likeness (QED) is 0.396. The van der Waals surface area contributed by atoms with E-state index in [1.807, 2.05) is 60.7 Å². The lowest BCUT2D eigenvalue weighted by Crippen LogP contribution is -2.37. The number of fused-ring (bicyclic) bond motifs is 1. The van der Waals surface area contributed by atoms with Gasteiger partial charge < -0.3 is 4.74 Å². The van der Waals surface area contributed by atoms with Gasteiger partial charge in [0.05, 0.1) is 25.2 Å². The van der Waals surface area contributed by atoms with Gasteiger partial charge in [-0.3, -0.25) is 9.58 Å². The highest BCUT2D eigenvalue weighted by Crippen LogP contribution is 2.33. The molecule has 0 amide bonds. The molecule has 0 aliphatic carbocycles. The van der Waals surface area contributed by atoms with Gasteiger partial charge in [-0.1, -0.05) is 60.2 Å². The van der Waals surface area contributed by atoms with E-state index in [-0.39, 0.29) is 0 Å². The molecule has 5 rings (SSSR count). The summed E-state index contributed by atoms with van der Waals surface area (Å²) in [5, 5.41) is 5.69. The van der Waals surface area contributed by atoms with Gasteiger partial charge in [-0.05, 0) is 29.7 Å². The third-order valence-corrected chi connectivity index (χ3v) is 8.63. The maximum Gasteiger partial charge on any atom is 0.211 e. The summed E-state index contributed by atoms with van der Waals surface area (Å²) in [7, 11) is -3.30. The molecule has 9 heteroatoms. The molecule has 2 aliphatic rings. The Morgan fingerprint density at radius 1 is 1.03 bits per heavy atom. The summed E-state index contributed by atoms with van der Waals surface area (Å²) in [5.41, 5.74) is 5.89. The molecule has 1 aromatic heterocycles. The van der Waals surface area contributed by atoms with Gasteiger partial charge in [-0.25, -0.2) is 8.42 Å². The van der Waals surface area contributed by atoms with Crippen LogP contribution in [0.5, 0.6) is 0 Å². The van der Waals surface area contributed by atoms with Gasteiger partial charge in [-0.2, -0.15) is 9.40 Å². The highest BCUT2D eigenvalue weighted by atomic mass is 35.5. The highest BCUT2D eigenvalue weighted by Gasteiger charge is 2.29. The molecule has 37 heavy (non-hydrogen) atoms. The number of sulfonamides is 1.